The topological polar surface area (TPSA) is 48.6 Å². The number of thiophene rings is 1. The lowest BCUT2D eigenvalue weighted by molar-refractivity contribution is 0.101. The Bertz CT molecular complexity index is 1100. The summed E-state index contributed by atoms with van der Waals surface area (Å²) >= 11 is 5.35. The van der Waals surface area contributed by atoms with Gasteiger partial charge in [-0.15, -0.1) is 11.3 Å². The highest BCUT2D eigenvalue weighted by atomic mass is 79.9. The van der Waals surface area contributed by atoms with Gasteiger partial charge in [0.05, 0.1) is 5.92 Å². The van der Waals surface area contributed by atoms with Crippen LogP contribution in [0.4, 0.5) is 0 Å². The molecule has 5 heteroatoms. The molecule has 3 nitrogen and oxygen atoms in total. The third kappa shape index (κ3) is 2.75. The second kappa shape index (κ2) is 6.56. The molecule has 0 saturated carbocycles. The third-order valence-corrected chi connectivity index (χ3v) is 6.40. The second-order valence-electron chi connectivity index (χ2n) is 6.61. The van der Waals surface area contributed by atoms with Gasteiger partial charge in [0.15, 0.2) is 5.78 Å². The van der Waals surface area contributed by atoms with Crippen LogP contribution < -0.4 is 0 Å². The van der Waals surface area contributed by atoms with Crippen LogP contribution in [0, 0.1) is 13.8 Å². The number of halogens is 1. The van der Waals surface area contributed by atoms with E-state index in [-0.39, 0.29) is 11.7 Å². The maximum atomic E-state index is 12.1. The molecule has 1 aromatic carbocycles. The minimum Gasteiger partial charge on any atom is -0.364 e. The Morgan fingerprint density at radius 1 is 1.23 bits per heavy atom. The lowest BCUT2D eigenvalue weighted by Gasteiger charge is -2.16. The van der Waals surface area contributed by atoms with Gasteiger partial charge >= 0.3 is 0 Å². The summed E-state index contributed by atoms with van der Waals surface area (Å²) in [7, 11) is 0. The van der Waals surface area contributed by atoms with Gasteiger partial charge in [0.2, 0.25) is 0 Å². The number of nitrogens with one attached hydrogen (secondary N) is 2. The summed E-state index contributed by atoms with van der Waals surface area (Å²) in [5.74, 6) is 0.130. The van der Waals surface area contributed by atoms with Crippen LogP contribution in [0.2, 0.25) is 0 Å². The van der Waals surface area contributed by atoms with Gasteiger partial charge in [-0.3, -0.25) is 4.79 Å². The molecule has 0 spiro atoms. The zero-order valence-corrected chi connectivity index (χ0v) is 17.2. The van der Waals surface area contributed by atoms with Gasteiger partial charge in [-0.25, -0.2) is 0 Å². The zero-order valence-electron chi connectivity index (χ0n) is 14.8. The molecular formula is C21H19BrN2OS. The number of aromatic amines is 2. The Morgan fingerprint density at radius 2 is 2.04 bits per heavy atom. The van der Waals surface area contributed by atoms with E-state index in [4.69, 9.17) is 0 Å². The van der Waals surface area contributed by atoms with E-state index in [1.165, 1.54) is 15.6 Å². The molecule has 2 N–H and O–H groups in total. The summed E-state index contributed by atoms with van der Waals surface area (Å²) in [5.41, 5.74) is 6.20. The number of Topliss-reactive ketones (excluding diaryl/α,β-unsaturated/α-hetero) is 1. The van der Waals surface area contributed by atoms with E-state index in [0.29, 0.717) is 0 Å². The molecule has 0 aliphatic rings. The number of hydrogen-bond acceptors (Lipinski definition) is 2. The number of aromatic nitrogens is 2. The fourth-order valence-corrected chi connectivity index (χ4v) is 5.17. The summed E-state index contributed by atoms with van der Waals surface area (Å²) in [6.45, 7) is 5.64. The molecule has 1 atom stereocenters. The Labute approximate surface area is 164 Å². The summed E-state index contributed by atoms with van der Waals surface area (Å²) in [6, 6.07) is 10.5. The smallest absolute Gasteiger partial charge is 0.161 e. The number of fused-ring (bicyclic) bond motifs is 1. The summed E-state index contributed by atoms with van der Waals surface area (Å²) in [4.78, 5) is 19.0. The van der Waals surface area contributed by atoms with E-state index in [1.807, 2.05) is 26.1 Å². The molecule has 3 aromatic heterocycles. The molecule has 0 bridgehead atoms. The molecule has 0 saturated heterocycles. The van der Waals surface area contributed by atoms with Crippen molar-refractivity contribution in [1.29, 1.82) is 0 Å². The normalized spacial score (nSPS) is 12.6. The third-order valence-electron chi connectivity index (χ3n) is 4.93. The van der Waals surface area contributed by atoms with E-state index in [9.17, 15) is 4.79 Å². The standard InChI is InChI=1S/C21H19BrN2OS/c1-11-19(13(3)25)12(2)24-21(11)20(17-5-4-8-23-17)16-10-26-18-7-6-14(22)9-15(16)18/h4-10,20,23-24H,1-3H3. The highest BCUT2D eigenvalue weighted by Crippen LogP contribution is 2.41. The van der Waals surface area contributed by atoms with Crippen LogP contribution in [-0.4, -0.2) is 15.8 Å². The van der Waals surface area contributed by atoms with Gasteiger partial charge in [-0.1, -0.05) is 15.9 Å². The first-order chi connectivity index (χ1) is 12.5. The number of aryl methyl sites for hydroxylation is 1. The van der Waals surface area contributed by atoms with Crippen molar-refractivity contribution < 1.29 is 4.79 Å². The molecule has 0 fully saturated rings. The molecule has 26 heavy (non-hydrogen) atoms. The van der Waals surface area contributed by atoms with E-state index in [0.717, 1.165) is 32.7 Å². The van der Waals surface area contributed by atoms with Gasteiger partial charge < -0.3 is 9.97 Å². The van der Waals surface area contributed by atoms with Crippen LogP contribution in [0.1, 0.15) is 51.4 Å². The monoisotopic (exact) mass is 426 g/mol. The second-order valence-corrected chi connectivity index (χ2v) is 8.44. The van der Waals surface area contributed by atoms with Gasteiger partial charge in [0.1, 0.15) is 0 Å². The van der Waals surface area contributed by atoms with E-state index in [1.54, 1.807) is 18.3 Å². The van der Waals surface area contributed by atoms with Gasteiger partial charge in [-0.2, -0.15) is 0 Å². The van der Waals surface area contributed by atoms with Crippen molar-refractivity contribution in [3.8, 4) is 0 Å². The average Bonchev–Trinajstić information content (AvgIpc) is 3.29. The Balaban J connectivity index is 1.99. The fraction of sp³-hybridized carbons (Fsp3) is 0.190. The van der Waals surface area contributed by atoms with Crippen LogP contribution in [0.5, 0.6) is 0 Å². The molecule has 3 heterocycles. The predicted molar refractivity (Wildman–Crippen MR) is 112 cm³/mol. The highest BCUT2D eigenvalue weighted by molar-refractivity contribution is 9.10. The van der Waals surface area contributed by atoms with Crippen molar-refractivity contribution in [2.24, 2.45) is 0 Å². The van der Waals surface area contributed by atoms with Gasteiger partial charge in [0.25, 0.3) is 0 Å². The molecule has 4 rings (SSSR count). The lowest BCUT2D eigenvalue weighted by atomic mass is 9.89. The van der Waals surface area contributed by atoms with E-state index >= 15 is 0 Å². The van der Waals surface area contributed by atoms with Crippen LogP contribution in [0.3, 0.4) is 0 Å². The summed E-state index contributed by atoms with van der Waals surface area (Å²) in [5, 5.41) is 3.46. The molecule has 132 valence electrons. The lowest BCUT2D eigenvalue weighted by Crippen LogP contribution is -2.06. The van der Waals surface area contributed by atoms with Crippen molar-refractivity contribution in [2.45, 2.75) is 26.7 Å². The van der Waals surface area contributed by atoms with E-state index < -0.39 is 0 Å². The number of carbonyl (C=O) groups is 1. The van der Waals surface area contributed by atoms with E-state index in [2.05, 4.69) is 55.5 Å². The minimum absolute atomic E-state index is 0.0276. The fourth-order valence-electron chi connectivity index (χ4n) is 3.84. The maximum Gasteiger partial charge on any atom is 0.161 e. The van der Waals surface area contributed by atoms with Crippen molar-refractivity contribution in [3.05, 3.63) is 80.2 Å². The molecule has 0 amide bonds. The van der Waals surface area contributed by atoms with Crippen LogP contribution in [0.15, 0.2) is 46.4 Å². The first-order valence-electron chi connectivity index (χ1n) is 8.47. The van der Waals surface area contributed by atoms with Crippen LogP contribution in [0.25, 0.3) is 10.1 Å². The first-order valence-corrected chi connectivity index (χ1v) is 10.1. The number of hydrogen-bond donors (Lipinski definition) is 2. The number of benzene rings is 1. The largest absolute Gasteiger partial charge is 0.364 e. The predicted octanol–water partition coefficient (Wildman–Crippen LogP) is 6.32. The SMILES string of the molecule is CC(=O)c1c(C)[nH]c(C(c2ccc[nH]2)c2csc3ccc(Br)cc23)c1C. The van der Waals surface area contributed by atoms with Crippen molar-refractivity contribution >= 4 is 43.1 Å². The van der Waals surface area contributed by atoms with Crippen LogP contribution >= 0.6 is 27.3 Å². The summed E-state index contributed by atoms with van der Waals surface area (Å²) in [6.07, 6.45) is 1.95. The molecule has 4 aromatic rings. The number of H-pyrrole nitrogens is 2. The minimum atomic E-state index is 0.0276. The van der Waals surface area contributed by atoms with Gasteiger partial charge in [0, 0.05) is 38.0 Å². The Morgan fingerprint density at radius 3 is 2.69 bits per heavy atom. The number of rotatable bonds is 4. The van der Waals surface area contributed by atoms with Crippen molar-refractivity contribution in [3.63, 3.8) is 0 Å². The molecule has 0 radical (unpaired) electrons. The number of carbonyl (C=O) groups excluding carboxylic acids is 1. The molecule has 0 aliphatic carbocycles. The highest BCUT2D eigenvalue weighted by Gasteiger charge is 2.27. The maximum absolute atomic E-state index is 12.1. The Kier molecular flexibility index (Phi) is 4.37. The van der Waals surface area contributed by atoms with Crippen LogP contribution in [-0.2, 0) is 0 Å². The molecule has 1 unspecified atom stereocenters. The molecule has 0 aliphatic heterocycles. The zero-order chi connectivity index (χ0) is 18.4. The average molecular weight is 427 g/mol. The number of ketones is 1. The summed E-state index contributed by atoms with van der Waals surface area (Å²) < 4.78 is 2.33. The Hall–Kier alpha value is -2.11. The first kappa shape index (κ1) is 17.3. The van der Waals surface area contributed by atoms with Gasteiger partial charge in [-0.05, 0) is 73.0 Å². The van der Waals surface area contributed by atoms with Crippen molar-refractivity contribution in [2.75, 3.05) is 0 Å². The quantitative estimate of drug-likeness (QED) is 0.368. The molecular weight excluding hydrogens is 408 g/mol. The van der Waals surface area contributed by atoms with Crippen molar-refractivity contribution in [1.82, 2.24) is 9.97 Å².